The van der Waals surface area contributed by atoms with Crippen molar-refractivity contribution in [2.45, 2.75) is 38.5 Å². The molecule has 4 aliphatic rings. The molecule has 4 aliphatic carbocycles. The highest BCUT2D eigenvalue weighted by molar-refractivity contribution is 6.30. The van der Waals surface area contributed by atoms with Crippen molar-refractivity contribution in [3.8, 4) is 0 Å². The zero-order valence-corrected chi connectivity index (χ0v) is 9.97. The van der Waals surface area contributed by atoms with E-state index >= 15 is 0 Å². The first-order valence-corrected chi connectivity index (χ1v) is 6.66. The summed E-state index contributed by atoms with van der Waals surface area (Å²) in [6, 6.07) is 0. The molecule has 0 heterocycles. The second-order valence-corrected chi connectivity index (χ2v) is 6.39. The number of hydrogen-bond donors (Lipinski definition) is 1. The van der Waals surface area contributed by atoms with Gasteiger partial charge in [-0.2, -0.15) is 0 Å². The maximum atomic E-state index is 6.48. The molecule has 0 spiro atoms. The standard InChI is InChI=1S/C13H20ClN/c14-12(1-2-15)13-6-9-3-10(7-13)5-11(4-9)8-13/h1,9-11H,2-8,15H2/b12-1-. The van der Waals surface area contributed by atoms with E-state index in [9.17, 15) is 0 Å². The van der Waals surface area contributed by atoms with Crippen molar-refractivity contribution in [2.75, 3.05) is 6.54 Å². The van der Waals surface area contributed by atoms with Crippen LogP contribution in [0.15, 0.2) is 11.1 Å². The maximum absolute atomic E-state index is 6.48. The van der Waals surface area contributed by atoms with Crippen LogP contribution in [0.2, 0.25) is 0 Å². The van der Waals surface area contributed by atoms with E-state index in [1.54, 1.807) is 0 Å². The molecule has 4 bridgehead atoms. The van der Waals surface area contributed by atoms with Gasteiger partial charge in [0.15, 0.2) is 0 Å². The van der Waals surface area contributed by atoms with Crippen LogP contribution in [0, 0.1) is 23.2 Å². The van der Waals surface area contributed by atoms with Crippen molar-refractivity contribution >= 4 is 11.6 Å². The fourth-order valence-corrected chi connectivity index (χ4v) is 5.04. The highest BCUT2D eigenvalue weighted by Crippen LogP contribution is 2.63. The molecule has 2 N–H and O–H groups in total. The molecular weight excluding hydrogens is 206 g/mol. The van der Waals surface area contributed by atoms with Gasteiger partial charge in [0.05, 0.1) is 0 Å². The van der Waals surface area contributed by atoms with Crippen LogP contribution in [0.4, 0.5) is 0 Å². The maximum Gasteiger partial charge on any atom is 0.0215 e. The Labute approximate surface area is 97.1 Å². The van der Waals surface area contributed by atoms with Gasteiger partial charge in [-0.15, -0.1) is 0 Å². The van der Waals surface area contributed by atoms with Gasteiger partial charge < -0.3 is 5.73 Å². The van der Waals surface area contributed by atoms with Crippen molar-refractivity contribution in [2.24, 2.45) is 28.9 Å². The monoisotopic (exact) mass is 225 g/mol. The first-order chi connectivity index (χ1) is 7.22. The van der Waals surface area contributed by atoms with Crippen LogP contribution in [-0.2, 0) is 0 Å². The lowest BCUT2D eigenvalue weighted by molar-refractivity contribution is -0.0264. The van der Waals surface area contributed by atoms with Gasteiger partial charge in [0.25, 0.3) is 0 Å². The minimum atomic E-state index is 0.357. The Bertz CT molecular complexity index is 260. The first-order valence-electron chi connectivity index (χ1n) is 6.28. The summed E-state index contributed by atoms with van der Waals surface area (Å²) < 4.78 is 0. The van der Waals surface area contributed by atoms with Gasteiger partial charge in [0.2, 0.25) is 0 Å². The third-order valence-electron chi connectivity index (χ3n) is 4.84. The minimum absolute atomic E-state index is 0.357. The molecule has 4 saturated carbocycles. The van der Waals surface area contributed by atoms with E-state index in [0.29, 0.717) is 12.0 Å². The lowest BCUT2D eigenvalue weighted by Gasteiger charge is -2.56. The van der Waals surface area contributed by atoms with Gasteiger partial charge in [-0.3, -0.25) is 0 Å². The summed E-state index contributed by atoms with van der Waals surface area (Å²) >= 11 is 6.48. The Morgan fingerprint density at radius 2 is 1.60 bits per heavy atom. The quantitative estimate of drug-likeness (QED) is 0.767. The van der Waals surface area contributed by atoms with E-state index in [4.69, 9.17) is 17.3 Å². The molecular formula is C13H20ClN. The number of halogens is 1. The van der Waals surface area contributed by atoms with Crippen molar-refractivity contribution in [3.63, 3.8) is 0 Å². The molecule has 0 aromatic carbocycles. The molecule has 2 heteroatoms. The zero-order valence-electron chi connectivity index (χ0n) is 9.21. The number of rotatable bonds is 2. The third kappa shape index (κ3) is 1.55. The predicted molar refractivity (Wildman–Crippen MR) is 63.6 cm³/mol. The molecule has 1 nitrogen and oxygen atoms in total. The molecule has 0 aliphatic heterocycles. The van der Waals surface area contributed by atoms with Gasteiger partial charge in [-0.25, -0.2) is 0 Å². The smallest absolute Gasteiger partial charge is 0.0215 e. The lowest BCUT2D eigenvalue weighted by Crippen LogP contribution is -2.46. The van der Waals surface area contributed by atoms with Crippen LogP contribution in [-0.4, -0.2) is 6.54 Å². The molecule has 0 saturated heterocycles. The molecule has 0 amide bonds. The Balaban J connectivity index is 1.89. The number of hydrogen-bond acceptors (Lipinski definition) is 1. The van der Waals surface area contributed by atoms with Gasteiger partial charge in [-0.1, -0.05) is 17.7 Å². The predicted octanol–water partition coefficient (Wildman–Crippen LogP) is 3.28. The largest absolute Gasteiger partial charge is 0.327 e. The van der Waals surface area contributed by atoms with Crippen LogP contribution in [0.25, 0.3) is 0 Å². The summed E-state index contributed by atoms with van der Waals surface area (Å²) in [6.45, 7) is 0.598. The minimum Gasteiger partial charge on any atom is -0.327 e. The Morgan fingerprint density at radius 3 is 2.00 bits per heavy atom. The third-order valence-corrected chi connectivity index (χ3v) is 5.40. The molecule has 4 rings (SSSR count). The molecule has 0 radical (unpaired) electrons. The van der Waals surface area contributed by atoms with Gasteiger partial charge in [0.1, 0.15) is 0 Å². The Morgan fingerprint density at radius 1 is 1.13 bits per heavy atom. The van der Waals surface area contributed by atoms with Crippen LogP contribution < -0.4 is 5.73 Å². The summed E-state index contributed by atoms with van der Waals surface area (Å²) in [6.07, 6.45) is 10.5. The van der Waals surface area contributed by atoms with E-state index in [1.165, 1.54) is 38.5 Å². The SMILES string of the molecule is NC/C=C(\Cl)C12CC3CC(CC(C3)C1)C2. The fraction of sp³-hybridized carbons (Fsp3) is 0.846. The van der Waals surface area contributed by atoms with Gasteiger partial charge in [-0.05, 0) is 56.3 Å². The molecule has 0 aromatic heterocycles. The first kappa shape index (κ1) is 10.2. The second kappa shape index (κ2) is 3.49. The summed E-state index contributed by atoms with van der Waals surface area (Å²) in [5.41, 5.74) is 5.94. The molecule has 0 atom stereocenters. The summed E-state index contributed by atoms with van der Waals surface area (Å²) in [4.78, 5) is 0. The van der Waals surface area contributed by atoms with Gasteiger partial charge >= 0.3 is 0 Å². The summed E-state index contributed by atoms with van der Waals surface area (Å²) in [5.74, 6) is 2.91. The average Bonchev–Trinajstić information content (AvgIpc) is 2.15. The Kier molecular flexibility index (Phi) is 2.37. The molecule has 4 fully saturated rings. The summed E-state index contributed by atoms with van der Waals surface area (Å²) in [7, 11) is 0. The van der Waals surface area contributed by atoms with E-state index < -0.39 is 0 Å². The number of allylic oxidation sites excluding steroid dienone is 1. The molecule has 0 aromatic rings. The normalized spacial score (nSPS) is 48.7. The van der Waals surface area contributed by atoms with Crippen molar-refractivity contribution in [1.29, 1.82) is 0 Å². The van der Waals surface area contributed by atoms with Crippen LogP contribution in [0.3, 0.4) is 0 Å². The fourth-order valence-electron chi connectivity index (χ4n) is 4.72. The average molecular weight is 226 g/mol. The molecule has 84 valence electrons. The lowest BCUT2D eigenvalue weighted by atomic mass is 9.49. The van der Waals surface area contributed by atoms with Gasteiger partial charge in [0, 0.05) is 17.0 Å². The highest BCUT2D eigenvalue weighted by Gasteiger charge is 2.52. The zero-order chi connectivity index (χ0) is 10.5. The molecule has 0 unspecified atom stereocenters. The highest BCUT2D eigenvalue weighted by atomic mass is 35.5. The van der Waals surface area contributed by atoms with Crippen LogP contribution in [0.1, 0.15) is 38.5 Å². The van der Waals surface area contributed by atoms with Crippen LogP contribution >= 0.6 is 11.6 Å². The molecule has 15 heavy (non-hydrogen) atoms. The summed E-state index contributed by atoms with van der Waals surface area (Å²) in [5, 5.41) is 1.09. The van der Waals surface area contributed by atoms with Crippen molar-refractivity contribution in [3.05, 3.63) is 11.1 Å². The van der Waals surface area contributed by atoms with E-state index in [0.717, 1.165) is 22.8 Å². The Hall–Kier alpha value is -0.0100. The van der Waals surface area contributed by atoms with Crippen molar-refractivity contribution < 1.29 is 0 Å². The van der Waals surface area contributed by atoms with Crippen molar-refractivity contribution in [1.82, 2.24) is 0 Å². The van der Waals surface area contributed by atoms with Crippen LogP contribution in [0.5, 0.6) is 0 Å². The van der Waals surface area contributed by atoms with E-state index in [1.807, 2.05) is 0 Å². The second-order valence-electron chi connectivity index (χ2n) is 5.99. The van der Waals surface area contributed by atoms with E-state index in [-0.39, 0.29) is 0 Å². The topological polar surface area (TPSA) is 26.0 Å². The number of nitrogens with two attached hydrogens (primary N) is 1. The van der Waals surface area contributed by atoms with E-state index in [2.05, 4.69) is 6.08 Å².